The van der Waals surface area contributed by atoms with Gasteiger partial charge in [-0.25, -0.2) is 0 Å². The minimum atomic E-state index is -0.107. The van der Waals surface area contributed by atoms with Crippen LogP contribution in [0.1, 0.15) is 63.8 Å². The average molecular weight is 475 g/mol. The van der Waals surface area contributed by atoms with Crippen LogP contribution in [0.15, 0.2) is 60.0 Å². The molecule has 34 heavy (non-hydrogen) atoms. The number of aryl methyl sites for hydroxylation is 2. The fourth-order valence-electron chi connectivity index (χ4n) is 4.72. The highest BCUT2D eigenvalue weighted by Gasteiger charge is 2.34. The maximum absolute atomic E-state index is 13.8. The van der Waals surface area contributed by atoms with Crippen molar-refractivity contribution < 1.29 is 9.59 Å². The number of carbonyl (C=O) groups is 2. The van der Waals surface area contributed by atoms with Crippen LogP contribution in [-0.2, 0) is 11.2 Å². The van der Waals surface area contributed by atoms with E-state index in [9.17, 15) is 9.59 Å². The molecule has 1 unspecified atom stereocenters. The van der Waals surface area contributed by atoms with Crippen molar-refractivity contribution in [2.24, 2.45) is 5.92 Å². The molecule has 0 bridgehead atoms. The Morgan fingerprint density at radius 2 is 1.71 bits per heavy atom. The molecule has 2 heterocycles. The molecule has 0 aliphatic carbocycles. The Balaban J connectivity index is 1.64. The van der Waals surface area contributed by atoms with Gasteiger partial charge in [0.1, 0.15) is 6.54 Å². The third-order valence-corrected chi connectivity index (χ3v) is 7.73. The lowest BCUT2D eigenvalue weighted by molar-refractivity contribution is -0.134. The minimum absolute atomic E-state index is 0.00999. The van der Waals surface area contributed by atoms with E-state index >= 15 is 0 Å². The van der Waals surface area contributed by atoms with Crippen LogP contribution in [0, 0.1) is 19.8 Å². The third-order valence-electron chi connectivity index (χ3n) is 6.73. The Morgan fingerprint density at radius 1 is 1.00 bits per heavy atom. The van der Waals surface area contributed by atoms with E-state index in [1.807, 2.05) is 48.2 Å². The smallest absolute Gasteiger partial charge is 0.254 e. The van der Waals surface area contributed by atoms with Crippen LogP contribution in [0.25, 0.3) is 0 Å². The molecule has 4 rings (SSSR count). The number of nitrogens with zero attached hydrogens (tertiary/aromatic N) is 2. The summed E-state index contributed by atoms with van der Waals surface area (Å²) in [6.45, 7) is 9.69. The highest BCUT2D eigenvalue weighted by molar-refractivity contribution is 7.10. The fraction of sp³-hybridized carbons (Fsp3) is 0.379. The Morgan fingerprint density at radius 3 is 2.41 bits per heavy atom. The van der Waals surface area contributed by atoms with Gasteiger partial charge < -0.3 is 9.80 Å². The Bertz CT molecular complexity index is 1170. The molecule has 1 aliphatic rings. The monoisotopic (exact) mass is 474 g/mol. The largest absolute Gasteiger partial charge is 0.330 e. The van der Waals surface area contributed by atoms with Gasteiger partial charge in [-0.1, -0.05) is 56.3 Å². The predicted molar refractivity (Wildman–Crippen MR) is 139 cm³/mol. The Hall–Kier alpha value is -2.92. The molecule has 4 nitrogen and oxygen atoms in total. The molecule has 2 amide bonds. The van der Waals surface area contributed by atoms with E-state index in [-0.39, 0.29) is 24.4 Å². The normalized spacial score (nSPS) is 15.3. The summed E-state index contributed by atoms with van der Waals surface area (Å²) in [6, 6.07) is 18.0. The summed E-state index contributed by atoms with van der Waals surface area (Å²) in [6.07, 6.45) is 1.72. The molecule has 178 valence electrons. The molecule has 2 aromatic carbocycles. The van der Waals surface area contributed by atoms with Crippen molar-refractivity contribution in [3.63, 3.8) is 0 Å². The molecule has 1 atom stereocenters. The first-order valence-corrected chi connectivity index (χ1v) is 13.0. The summed E-state index contributed by atoms with van der Waals surface area (Å²) in [5.41, 5.74) is 5.17. The zero-order chi connectivity index (χ0) is 24.2. The third kappa shape index (κ3) is 5.10. The number of rotatable bonds is 7. The van der Waals surface area contributed by atoms with Crippen molar-refractivity contribution in [1.82, 2.24) is 9.80 Å². The fourth-order valence-corrected chi connectivity index (χ4v) is 5.62. The van der Waals surface area contributed by atoms with Crippen LogP contribution in [0.5, 0.6) is 0 Å². The molecule has 3 aromatic rings. The number of hydrogen-bond donors (Lipinski definition) is 0. The van der Waals surface area contributed by atoms with Crippen molar-refractivity contribution in [3.05, 3.63) is 92.7 Å². The number of carbonyl (C=O) groups excluding carboxylic acids is 2. The van der Waals surface area contributed by atoms with Crippen LogP contribution in [0.4, 0.5) is 0 Å². The number of benzene rings is 2. The highest BCUT2D eigenvalue weighted by Crippen LogP contribution is 2.39. The summed E-state index contributed by atoms with van der Waals surface area (Å²) in [4.78, 5) is 32.4. The molecule has 0 fully saturated rings. The predicted octanol–water partition coefficient (Wildman–Crippen LogP) is 6.03. The minimum Gasteiger partial charge on any atom is -0.330 e. The lowest BCUT2D eigenvalue weighted by Crippen LogP contribution is -2.47. The first-order valence-electron chi connectivity index (χ1n) is 12.1. The van der Waals surface area contributed by atoms with Crippen molar-refractivity contribution >= 4 is 23.2 Å². The molecule has 1 aromatic heterocycles. The lowest BCUT2D eigenvalue weighted by atomic mass is 9.90. The second kappa shape index (κ2) is 10.6. The van der Waals surface area contributed by atoms with Crippen LogP contribution >= 0.6 is 11.3 Å². The van der Waals surface area contributed by atoms with Gasteiger partial charge in [0.25, 0.3) is 5.91 Å². The number of fused-ring (bicyclic) bond motifs is 1. The summed E-state index contributed by atoms with van der Waals surface area (Å²) >= 11 is 1.77. The van der Waals surface area contributed by atoms with Crippen LogP contribution in [-0.4, -0.2) is 41.2 Å². The van der Waals surface area contributed by atoms with E-state index in [4.69, 9.17) is 0 Å². The van der Waals surface area contributed by atoms with E-state index in [0.29, 0.717) is 24.6 Å². The van der Waals surface area contributed by atoms with Gasteiger partial charge in [0.05, 0.1) is 6.04 Å². The van der Waals surface area contributed by atoms with Gasteiger partial charge in [-0.05, 0) is 72.4 Å². The van der Waals surface area contributed by atoms with Crippen LogP contribution < -0.4 is 0 Å². The first kappa shape index (κ1) is 24.2. The second-order valence-electron chi connectivity index (χ2n) is 9.62. The molecule has 0 saturated carbocycles. The van der Waals surface area contributed by atoms with Crippen LogP contribution in [0.3, 0.4) is 0 Å². The standard InChI is InChI=1S/C29H34N2O2S/c1-20(2)13-16-30(29(33)24-12-8-6-10-22(24)4)19-27(32)31-17-14-26-25(15-18-34-26)28(31)23-11-7-5-9-21(23)3/h5-12,15,18,20,28H,13-14,16-17,19H2,1-4H3. The van der Waals surface area contributed by atoms with Crippen molar-refractivity contribution in [2.75, 3.05) is 19.6 Å². The molecule has 0 N–H and O–H groups in total. The molecule has 5 heteroatoms. The molecule has 1 aliphatic heterocycles. The van der Waals surface area contributed by atoms with Gasteiger partial charge in [-0.2, -0.15) is 0 Å². The van der Waals surface area contributed by atoms with Crippen molar-refractivity contribution in [3.8, 4) is 0 Å². The van der Waals surface area contributed by atoms with Crippen LogP contribution in [0.2, 0.25) is 0 Å². The summed E-state index contributed by atoms with van der Waals surface area (Å²) in [7, 11) is 0. The summed E-state index contributed by atoms with van der Waals surface area (Å²) < 4.78 is 0. The zero-order valence-corrected chi connectivity index (χ0v) is 21.4. The molecule has 0 radical (unpaired) electrons. The van der Waals surface area contributed by atoms with Gasteiger partial charge in [-0.3, -0.25) is 9.59 Å². The highest BCUT2D eigenvalue weighted by atomic mass is 32.1. The number of amides is 2. The Kier molecular flexibility index (Phi) is 7.52. The summed E-state index contributed by atoms with van der Waals surface area (Å²) in [5, 5.41) is 2.13. The van der Waals surface area contributed by atoms with E-state index in [0.717, 1.165) is 24.0 Å². The maximum atomic E-state index is 13.8. The van der Waals surface area contributed by atoms with Gasteiger partial charge >= 0.3 is 0 Å². The SMILES string of the molecule is Cc1ccccc1C(=O)N(CCC(C)C)CC(=O)N1CCc2sccc2C1c1ccccc1C. The first-order chi connectivity index (χ1) is 16.4. The Labute approximate surface area is 207 Å². The maximum Gasteiger partial charge on any atom is 0.254 e. The van der Waals surface area contributed by atoms with Crippen molar-refractivity contribution in [2.45, 2.75) is 46.6 Å². The zero-order valence-electron chi connectivity index (χ0n) is 20.6. The van der Waals surface area contributed by atoms with E-state index in [1.54, 1.807) is 16.2 Å². The van der Waals surface area contributed by atoms with E-state index in [1.165, 1.54) is 16.0 Å². The molecule has 0 spiro atoms. The second-order valence-corrected chi connectivity index (χ2v) is 10.6. The van der Waals surface area contributed by atoms with Gasteiger partial charge in [0, 0.05) is 23.5 Å². The molecular weight excluding hydrogens is 440 g/mol. The quantitative estimate of drug-likeness (QED) is 0.420. The average Bonchev–Trinajstić information content (AvgIpc) is 3.30. The van der Waals surface area contributed by atoms with E-state index in [2.05, 4.69) is 44.4 Å². The van der Waals surface area contributed by atoms with Gasteiger partial charge in [0.15, 0.2) is 0 Å². The topological polar surface area (TPSA) is 40.6 Å². The number of hydrogen-bond acceptors (Lipinski definition) is 3. The van der Waals surface area contributed by atoms with Gasteiger partial charge in [-0.15, -0.1) is 11.3 Å². The molecule has 0 saturated heterocycles. The number of thiophene rings is 1. The van der Waals surface area contributed by atoms with Crippen molar-refractivity contribution in [1.29, 1.82) is 0 Å². The summed E-state index contributed by atoms with van der Waals surface area (Å²) in [5.74, 6) is 0.397. The molecular formula is C29H34N2O2S. The lowest BCUT2D eigenvalue weighted by Gasteiger charge is -2.38. The van der Waals surface area contributed by atoms with E-state index < -0.39 is 0 Å². The van der Waals surface area contributed by atoms with Gasteiger partial charge in [0.2, 0.25) is 5.91 Å².